The van der Waals surface area contributed by atoms with E-state index in [1.807, 2.05) is 24.3 Å². The molecule has 1 amide bonds. The zero-order valence-corrected chi connectivity index (χ0v) is 13.1. The molecule has 1 rings (SSSR count). The summed E-state index contributed by atoms with van der Waals surface area (Å²) >= 11 is 0. The second kappa shape index (κ2) is 9.02. The first-order valence-corrected chi connectivity index (χ1v) is 7.36. The summed E-state index contributed by atoms with van der Waals surface area (Å²) in [5.74, 6) is -1.64. The topological polar surface area (TPSA) is 66.4 Å². The Morgan fingerprint density at radius 3 is 2.30 bits per heavy atom. The molecule has 2 N–H and O–H groups in total. The van der Waals surface area contributed by atoms with E-state index in [1.165, 1.54) is 5.56 Å². The Morgan fingerprint density at radius 1 is 1.22 bits per heavy atom. The van der Waals surface area contributed by atoms with Gasteiger partial charge in [0, 0.05) is 12.8 Å². The van der Waals surface area contributed by atoms with Gasteiger partial charge in [-0.1, -0.05) is 50.3 Å². The van der Waals surface area contributed by atoms with Gasteiger partial charge in [0.2, 0.25) is 12.3 Å². The van der Waals surface area contributed by atoms with Crippen molar-refractivity contribution in [3.63, 3.8) is 0 Å². The number of amides is 1. The van der Waals surface area contributed by atoms with E-state index in [1.54, 1.807) is 12.2 Å². The van der Waals surface area contributed by atoms with Crippen molar-refractivity contribution in [1.82, 2.24) is 5.32 Å². The molecule has 0 saturated heterocycles. The number of carboxylic acids is 1. The Kier molecular flexibility index (Phi) is 7.38. The highest BCUT2D eigenvalue weighted by Crippen LogP contribution is 2.15. The SMILES string of the molecule is CC(C)c1ccc(/C=C/CC(=O)NC(CC(F)F)C(=O)O)cc1. The third kappa shape index (κ3) is 7.04. The average molecular weight is 325 g/mol. The maximum atomic E-state index is 12.2. The largest absolute Gasteiger partial charge is 0.480 e. The van der Waals surface area contributed by atoms with Gasteiger partial charge in [0.05, 0.1) is 0 Å². The van der Waals surface area contributed by atoms with E-state index < -0.39 is 30.8 Å². The number of benzene rings is 1. The molecule has 0 saturated carbocycles. The zero-order chi connectivity index (χ0) is 17.4. The molecule has 0 fully saturated rings. The Morgan fingerprint density at radius 2 is 1.83 bits per heavy atom. The number of carbonyl (C=O) groups excluding carboxylic acids is 1. The minimum Gasteiger partial charge on any atom is -0.480 e. The molecule has 1 unspecified atom stereocenters. The summed E-state index contributed by atoms with van der Waals surface area (Å²) in [7, 11) is 0. The van der Waals surface area contributed by atoms with E-state index in [0.29, 0.717) is 5.92 Å². The summed E-state index contributed by atoms with van der Waals surface area (Å²) in [5, 5.41) is 10.9. The van der Waals surface area contributed by atoms with Gasteiger partial charge >= 0.3 is 5.97 Å². The minimum absolute atomic E-state index is 0.0705. The Labute approximate surface area is 134 Å². The Bertz CT molecular complexity index is 553. The van der Waals surface area contributed by atoms with Gasteiger partial charge in [-0.15, -0.1) is 0 Å². The highest BCUT2D eigenvalue weighted by atomic mass is 19.3. The highest BCUT2D eigenvalue weighted by Gasteiger charge is 2.23. The van der Waals surface area contributed by atoms with Crippen LogP contribution in [0.4, 0.5) is 8.78 Å². The zero-order valence-electron chi connectivity index (χ0n) is 13.1. The standard InChI is InChI=1S/C17H21F2NO3/c1-11(2)13-8-6-12(7-9-13)4-3-5-16(21)20-14(17(22)23)10-15(18)19/h3-4,6-9,11,14-15H,5,10H2,1-2H3,(H,20,21)(H,22,23)/b4-3+. The van der Waals surface area contributed by atoms with Gasteiger partial charge in [-0.3, -0.25) is 4.79 Å². The van der Waals surface area contributed by atoms with Gasteiger partial charge in [-0.25, -0.2) is 13.6 Å². The lowest BCUT2D eigenvalue weighted by Crippen LogP contribution is -2.41. The number of carboxylic acid groups (broad SMARTS) is 1. The van der Waals surface area contributed by atoms with Crippen LogP contribution in [0.25, 0.3) is 6.08 Å². The summed E-state index contributed by atoms with van der Waals surface area (Å²) in [5.41, 5.74) is 2.11. The Balaban J connectivity index is 2.52. The number of hydrogen-bond donors (Lipinski definition) is 2. The molecule has 0 aliphatic rings. The van der Waals surface area contributed by atoms with E-state index in [2.05, 4.69) is 19.2 Å². The van der Waals surface area contributed by atoms with Gasteiger partial charge in [0.25, 0.3) is 0 Å². The summed E-state index contributed by atoms with van der Waals surface area (Å²) < 4.78 is 24.5. The molecular weight excluding hydrogens is 304 g/mol. The summed E-state index contributed by atoms with van der Waals surface area (Å²) in [4.78, 5) is 22.4. The van der Waals surface area contributed by atoms with Crippen LogP contribution >= 0.6 is 0 Å². The van der Waals surface area contributed by atoms with Gasteiger partial charge in [-0.2, -0.15) is 0 Å². The smallest absolute Gasteiger partial charge is 0.326 e. The number of carbonyl (C=O) groups is 2. The summed E-state index contributed by atoms with van der Waals surface area (Å²) in [6.07, 6.45) is -0.458. The highest BCUT2D eigenvalue weighted by molar-refractivity contribution is 5.84. The summed E-state index contributed by atoms with van der Waals surface area (Å²) in [6.45, 7) is 4.18. The molecule has 6 heteroatoms. The number of halogens is 2. The monoisotopic (exact) mass is 325 g/mol. The molecule has 1 atom stereocenters. The molecule has 1 aromatic carbocycles. The number of aliphatic carboxylic acids is 1. The van der Waals surface area contributed by atoms with Crippen LogP contribution in [0.5, 0.6) is 0 Å². The molecule has 0 aromatic heterocycles. The van der Waals surface area contributed by atoms with Crippen LogP contribution in [0.2, 0.25) is 0 Å². The van der Waals surface area contributed by atoms with Crippen LogP contribution in [-0.4, -0.2) is 29.5 Å². The molecule has 0 radical (unpaired) electrons. The van der Waals surface area contributed by atoms with Crippen LogP contribution in [-0.2, 0) is 9.59 Å². The average Bonchev–Trinajstić information content (AvgIpc) is 2.46. The molecular formula is C17H21F2NO3. The van der Waals surface area contributed by atoms with Crippen LogP contribution in [0, 0.1) is 0 Å². The molecule has 1 aromatic rings. The third-order valence-electron chi connectivity index (χ3n) is 3.26. The minimum atomic E-state index is -2.79. The van der Waals surface area contributed by atoms with E-state index >= 15 is 0 Å². The fourth-order valence-corrected chi connectivity index (χ4v) is 1.95. The number of nitrogens with one attached hydrogen (secondary N) is 1. The number of rotatable bonds is 8. The maximum Gasteiger partial charge on any atom is 0.326 e. The van der Waals surface area contributed by atoms with Crippen LogP contribution in [0.15, 0.2) is 30.3 Å². The lowest BCUT2D eigenvalue weighted by Gasteiger charge is -2.13. The molecule has 0 heterocycles. The first-order valence-electron chi connectivity index (χ1n) is 7.36. The fraction of sp³-hybridized carbons (Fsp3) is 0.412. The van der Waals surface area contributed by atoms with E-state index in [0.717, 1.165) is 5.56 Å². The molecule has 0 aliphatic heterocycles. The second-order valence-corrected chi connectivity index (χ2v) is 5.51. The van der Waals surface area contributed by atoms with E-state index in [4.69, 9.17) is 5.11 Å². The summed E-state index contributed by atoms with van der Waals surface area (Å²) in [6, 6.07) is 6.25. The predicted octanol–water partition coefficient (Wildman–Crippen LogP) is 3.44. The molecule has 0 bridgehead atoms. The van der Waals surface area contributed by atoms with Crippen molar-refractivity contribution in [2.45, 2.75) is 45.1 Å². The van der Waals surface area contributed by atoms with Gasteiger partial charge < -0.3 is 10.4 Å². The van der Waals surface area contributed by atoms with Crippen LogP contribution < -0.4 is 5.32 Å². The van der Waals surface area contributed by atoms with Gasteiger partial charge in [0.1, 0.15) is 6.04 Å². The van der Waals surface area contributed by atoms with Crippen molar-refractivity contribution in [3.05, 3.63) is 41.5 Å². The molecule has 4 nitrogen and oxygen atoms in total. The quantitative estimate of drug-likeness (QED) is 0.769. The van der Waals surface area contributed by atoms with E-state index in [9.17, 15) is 18.4 Å². The molecule has 0 aliphatic carbocycles. The van der Waals surface area contributed by atoms with Crippen molar-refractivity contribution >= 4 is 18.0 Å². The first-order chi connectivity index (χ1) is 10.8. The second-order valence-electron chi connectivity index (χ2n) is 5.51. The number of hydrogen-bond acceptors (Lipinski definition) is 2. The van der Waals surface area contributed by atoms with Crippen molar-refractivity contribution in [3.8, 4) is 0 Å². The van der Waals surface area contributed by atoms with Gasteiger partial charge in [-0.05, 0) is 17.0 Å². The van der Waals surface area contributed by atoms with Crippen LogP contribution in [0.3, 0.4) is 0 Å². The van der Waals surface area contributed by atoms with Crippen molar-refractivity contribution in [1.29, 1.82) is 0 Å². The normalized spacial score (nSPS) is 12.8. The van der Waals surface area contributed by atoms with Crippen molar-refractivity contribution in [2.24, 2.45) is 0 Å². The van der Waals surface area contributed by atoms with Gasteiger partial charge in [0.15, 0.2) is 0 Å². The van der Waals surface area contributed by atoms with E-state index in [-0.39, 0.29) is 6.42 Å². The molecule has 126 valence electrons. The van der Waals surface area contributed by atoms with Crippen LogP contribution in [0.1, 0.15) is 43.7 Å². The first kappa shape index (κ1) is 18.8. The van der Waals surface area contributed by atoms with Crippen molar-refractivity contribution in [2.75, 3.05) is 0 Å². The predicted molar refractivity (Wildman–Crippen MR) is 84.4 cm³/mol. The lowest BCUT2D eigenvalue weighted by atomic mass is 10.0. The third-order valence-corrected chi connectivity index (χ3v) is 3.26. The Hall–Kier alpha value is -2.24. The fourth-order valence-electron chi connectivity index (χ4n) is 1.95. The lowest BCUT2D eigenvalue weighted by molar-refractivity contribution is -0.142. The number of alkyl halides is 2. The van der Waals surface area contributed by atoms with Crippen molar-refractivity contribution < 1.29 is 23.5 Å². The molecule has 23 heavy (non-hydrogen) atoms. The molecule has 0 spiro atoms. The maximum absolute atomic E-state index is 12.2.